The summed E-state index contributed by atoms with van der Waals surface area (Å²) in [7, 11) is 1.76. The molecule has 0 aliphatic carbocycles. The van der Waals surface area contributed by atoms with Crippen molar-refractivity contribution in [3.8, 4) is 0 Å². The standard InChI is InChI=1S/C21H24ClN3O2/c1-3-17(25-19-12-8-7-11-18(19)23-20(25)13-22)14-24(2)21(26)27-15-16-9-5-4-6-10-16/h4-12,17H,3,13-15H2,1-2H3/t17-/m0/s1. The summed E-state index contributed by atoms with van der Waals surface area (Å²) in [6.07, 6.45) is 0.509. The van der Waals surface area contributed by atoms with Crippen LogP contribution in [0.4, 0.5) is 4.79 Å². The predicted octanol–water partition coefficient (Wildman–Crippen LogP) is 4.99. The Morgan fingerprint density at radius 3 is 2.59 bits per heavy atom. The zero-order valence-electron chi connectivity index (χ0n) is 15.6. The number of carbonyl (C=O) groups excluding carboxylic acids is 1. The molecule has 3 rings (SSSR count). The van der Waals surface area contributed by atoms with E-state index in [1.54, 1.807) is 11.9 Å². The third-order valence-electron chi connectivity index (χ3n) is 4.63. The lowest BCUT2D eigenvalue weighted by atomic mass is 10.2. The van der Waals surface area contributed by atoms with Crippen LogP contribution in [-0.2, 0) is 17.2 Å². The number of rotatable bonds is 7. The van der Waals surface area contributed by atoms with Gasteiger partial charge in [-0.1, -0.05) is 49.4 Å². The Kier molecular flexibility index (Phi) is 6.35. The average molecular weight is 386 g/mol. The van der Waals surface area contributed by atoms with Gasteiger partial charge in [-0.15, -0.1) is 11.6 Å². The van der Waals surface area contributed by atoms with Crippen molar-refractivity contribution in [1.29, 1.82) is 0 Å². The number of alkyl halides is 1. The van der Waals surface area contributed by atoms with Crippen molar-refractivity contribution in [3.63, 3.8) is 0 Å². The number of hydrogen-bond donors (Lipinski definition) is 0. The molecule has 27 heavy (non-hydrogen) atoms. The number of aromatic nitrogens is 2. The van der Waals surface area contributed by atoms with Crippen molar-refractivity contribution in [1.82, 2.24) is 14.5 Å². The molecule has 5 nitrogen and oxygen atoms in total. The van der Waals surface area contributed by atoms with E-state index in [-0.39, 0.29) is 18.7 Å². The third-order valence-corrected chi connectivity index (χ3v) is 4.87. The van der Waals surface area contributed by atoms with Gasteiger partial charge >= 0.3 is 6.09 Å². The van der Waals surface area contributed by atoms with E-state index in [1.807, 2.05) is 54.6 Å². The summed E-state index contributed by atoms with van der Waals surface area (Å²) in [4.78, 5) is 18.6. The van der Waals surface area contributed by atoms with E-state index >= 15 is 0 Å². The van der Waals surface area contributed by atoms with Crippen molar-refractivity contribution in [2.24, 2.45) is 0 Å². The number of carbonyl (C=O) groups is 1. The number of imidazole rings is 1. The normalized spacial score (nSPS) is 12.1. The van der Waals surface area contributed by atoms with Crippen LogP contribution in [0.25, 0.3) is 11.0 Å². The number of benzene rings is 2. The monoisotopic (exact) mass is 385 g/mol. The summed E-state index contributed by atoms with van der Waals surface area (Å²) < 4.78 is 7.57. The minimum Gasteiger partial charge on any atom is -0.445 e. The molecule has 0 aliphatic heterocycles. The Balaban J connectivity index is 1.72. The summed E-state index contributed by atoms with van der Waals surface area (Å²) in [5.41, 5.74) is 2.92. The van der Waals surface area contributed by atoms with Crippen molar-refractivity contribution in [3.05, 3.63) is 66.0 Å². The first-order valence-corrected chi connectivity index (χ1v) is 9.61. The Morgan fingerprint density at radius 1 is 1.19 bits per heavy atom. The van der Waals surface area contributed by atoms with Crippen molar-refractivity contribution < 1.29 is 9.53 Å². The Labute approximate surface area is 164 Å². The molecule has 0 saturated heterocycles. The largest absolute Gasteiger partial charge is 0.445 e. The fourth-order valence-corrected chi connectivity index (χ4v) is 3.40. The van der Waals surface area contributed by atoms with E-state index in [1.165, 1.54) is 0 Å². The third kappa shape index (κ3) is 4.42. The highest BCUT2D eigenvalue weighted by Gasteiger charge is 2.21. The van der Waals surface area contributed by atoms with Crippen molar-refractivity contribution in [2.75, 3.05) is 13.6 Å². The molecule has 1 amide bonds. The van der Waals surface area contributed by atoms with Crippen LogP contribution in [0.15, 0.2) is 54.6 Å². The maximum atomic E-state index is 12.4. The minimum atomic E-state index is -0.339. The first kappa shape index (κ1) is 19.2. The lowest BCUT2D eigenvalue weighted by Crippen LogP contribution is -2.33. The number of nitrogens with zero attached hydrogens (tertiary/aromatic N) is 3. The first-order chi connectivity index (χ1) is 13.1. The van der Waals surface area contributed by atoms with Crippen molar-refractivity contribution in [2.45, 2.75) is 31.9 Å². The van der Waals surface area contributed by atoms with Gasteiger partial charge < -0.3 is 14.2 Å². The lowest BCUT2D eigenvalue weighted by molar-refractivity contribution is 0.0997. The smallest absolute Gasteiger partial charge is 0.409 e. The topological polar surface area (TPSA) is 47.4 Å². The molecule has 3 aromatic rings. The quantitative estimate of drug-likeness (QED) is 0.538. The molecule has 2 aromatic carbocycles. The minimum absolute atomic E-state index is 0.0698. The highest BCUT2D eigenvalue weighted by atomic mass is 35.5. The summed E-state index contributed by atoms with van der Waals surface area (Å²) in [5.74, 6) is 1.14. The van der Waals surface area contributed by atoms with E-state index in [4.69, 9.17) is 16.3 Å². The van der Waals surface area contributed by atoms with Crippen LogP contribution in [0.3, 0.4) is 0 Å². The zero-order valence-corrected chi connectivity index (χ0v) is 16.4. The van der Waals surface area contributed by atoms with Crippen LogP contribution < -0.4 is 0 Å². The number of para-hydroxylation sites is 2. The van der Waals surface area contributed by atoms with E-state index in [2.05, 4.69) is 16.5 Å². The molecule has 0 bridgehead atoms. The molecular weight excluding hydrogens is 362 g/mol. The molecule has 6 heteroatoms. The van der Waals surface area contributed by atoms with Gasteiger partial charge in [0.05, 0.1) is 23.0 Å². The van der Waals surface area contributed by atoms with Gasteiger partial charge in [0.25, 0.3) is 0 Å². The molecule has 1 atom stereocenters. The number of halogens is 1. The fraction of sp³-hybridized carbons (Fsp3) is 0.333. The summed E-state index contributed by atoms with van der Waals surface area (Å²) in [5, 5.41) is 0. The van der Waals surface area contributed by atoms with Gasteiger partial charge in [0.15, 0.2) is 0 Å². The molecule has 0 radical (unpaired) electrons. The SMILES string of the molecule is CC[C@@H](CN(C)C(=O)OCc1ccccc1)n1c(CCl)nc2ccccc21. The second kappa shape index (κ2) is 8.91. The number of ether oxygens (including phenoxy) is 1. The number of likely N-dealkylation sites (N-methyl/N-ethyl adjacent to an activating group) is 1. The zero-order chi connectivity index (χ0) is 19.2. The second-order valence-electron chi connectivity index (χ2n) is 6.50. The molecule has 1 heterocycles. The maximum absolute atomic E-state index is 12.4. The molecule has 1 aromatic heterocycles. The molecule has 142 valence electrons. The van der Waals surface area contributed by atoms with Gasteiger partial charge in [-0.05, 0) is 24.1 Å². The number of fused-ring (bicyclic) bond motifs is 1. The summed E-state index contributed by atoms with van der Waals surface area (Å²) in [6.45, 7) is 2.89. The highest BCUT2D eigenvalue weighted by Crippen LogP contribution is 2.25. The molecule has 0 unspecified atom stereocenters. The van der Waals surface area contributed by atoms with Crippen LogP contribution in [0.5, 0.6) is 0 Å². The van der Waals surface area contributed by atoms with Crippen LogP contribution in [0, 0.1) is 0 Å². The first-order valence-electron chi connectivity index (χ1n) is 9.07. The van der Waals surface area contributed by atoms with E-state index in [0.29, 0.717) is 12.4 Å². The number of amides is 1. The van der Waals surface area contributed by atoms with Crippen LogP contribution in [0.2, 0.25) is 0 Å². The summed E-state index contributed by atoms with van der Waals surface area (Å²) in [6, 6.07) is 17.7. The Bertz CT molecular complexity index is 895. The van der Waals surface area contributed by atoms with E-state index < -0.39 is 0 Å². The second-order valence-corrected chi connectivity index (χ2v) is 6.77. The average Bonchev–Trinajstić information content (AvgIpc) is 3.09. The lowest BCUT2D eigenvalue weighted by Gasteiger charge is -2.25. The van der Waals surface area contributed by atoms with Crippen molar-refractivity contribution >= 4 is 28.7 Å². The molecule has 0 N–H and O–H groups in total. The van der Waals surface area contributed by atoms with Crippen LogP contribution in [0.1, 0.15) is 30.8 Å². The van der Waals surface area contributed by atoms with E-state index in [9.17, 15) is 4.79 Å². The summed E-state index contributed by atoms with van der Waals surface area (Å²) >= 11 is 6.13. The van der Waals surface area contributed by atoms with Gasteiger partial charge in [0, 0.05) is 13.6 Å². The van der Waals surface area contributed by atoms with Gasteiger partial charge in [0.1, 0.15) is 12.4 Å². The van der Waals surface area contributed by atoms with Crippen LogP contribution in [-0.4, -0.2) is 34.1 Å². The van der Waals surface area contributed by atoms with E-state index in [0.717, 1.165) is 28.8 Å². The van der Waals surface area contributed by atoms with Gasteiger partial charge in [-0.2, -0.15) is 0 Å². The molecule has 0 fully saturated rings. The van der Waals surface area contributed by atoms with Gasteiger partial charge in [-0.3, -0.25) is 0 Å². The Hall–Kier alpha value is -2.53. The predicted molar refractivity (Wildman–Crippen MR) is 108 cm³/mol. The number of hydrogen-bond acceptors (Lipinski definition) is 3. The van der Waals surface area contributed by atoms with Crippen LogP contribution >= 0.6 is 11.6 Å². The molecule has 0 saturated carbocycles. The molecule has 0 spiro atoms. The highest BCUT2D eigenvalue weighted by molar-refractivity contribution is 6.16. The molecule has 0 aliphatic rings. The molecular formula is C21H24ClN3O2. The fourth-order valence-electron chi connectivity index (χ4n) is 3.21. The maximum Gasteiger partial charge on any atom is 0.409 e. The van der Waals surface area contributed by atoms with Gasteiger partial charge in [0.2, 0.25) is 0 Å². The Morgan fingerprint density at radius 2 is 1.89 bits per heavy atom. The van der Waals surface area contributed by atoms with Gasteiger partial charge in [-0.25, -0.2) is 9.78 Å².